The first-order chi connectivity index (χ1) is 14.0. The first-order valence-electron chi connectivity index (χ1n) is 9.26. The number of carbonyl (C=O) groups is 1. The summed E-state index contributed by atoms with van der Waals surface area (Å²) in [5.74, 6) is 0.595. The monoisotopic (exact) mass is 412 g/mol. The van der Waals surface area contributed by atoms with E-state index in [-0.39, 0.29) is 11.6 Å². The average Bonchev–Trinajstić information content (AvgIpc) is 3.40. The number of nitrogens with zero attached hydrogens (tertiary/aromatic N) is 4. The van der Waals surface area contributed by atoms with Gasteiger partial charge in [0.2, 0.25) is 0 Å². The first kappa shape index (κ1) is 19.3. The van der Waals surface area contributed by atoms with Crippen LogP contribution in [0.25, 0.3) is 11.5 Å². The number of nitro benzene ring substituents is 1. The molecule has 0 N–H and O–H groups in total. The van der Waals surface area contributed by atoms with E-state index in [4.69, 9.17) is 4.42 Å². The molecule has 0 aliphatic carbocycles. The highest BCUT2D eigenvalue weighted by molar-refractivity contribution is 7.09. The molecule has 1 amide bonds. The molecule has 29 heavy (non-hydrogen) atoms. The number of benzene rings is 1. The highest BCUT2D eigenvalue weighted by Crippen LogP contribution is 2.24. The minimum absolute atomic E-state index is 0.0226. The van der Waals surface area contributed by atoms with Crippen LogP contribution in [0.1, 0.15) is 20.9 Å². The molecule has 0 unspecified atom stereocenters. The fourth-order valence-electron chi connectivity index (χ4n) is 3.34. The quantitative estimate of drug-likeness (QED) is 0.470. The molecule has 4 rings (SSSR count). The third kappa shape index (κ3) is 4.20. The van der Waals surface area contributed by atoms with E-state index in [0.29, 0.717) is 24.2 Å². The van der Waals surface area contributed by atoms with Crippen molar-refractivity contribution in [1.29, 1.82) is 0 Å². The molecule has 3 heterocycles. The number of aryl methyl sites for hydroxylation is 1. The molecule has 150 valence electrons. The Morgan fingerprint density at radius 2 is 2.07 bits per heavy atom. The summed E-state index contributed by atoms with van der Waals surface area (Å²) in [7, 11) is 0. The van der Waals surface area contributed by atoms with Crippen molar-refractivity contribution < 1.29 is 14.1 Å². The molecular formula is C20H20N4O4S. The normalized spacial score (nSPS) is 14.9. The Morgan fingerprint density at radius 1 is 1.28 bits per heavy atom. The van der Waals surface area contributed by atoms with Crippen LogP contribution in [0.4, 0.5) is 5.69 Å². The Labute approximate surface area is 171 Å². The number of amides is 1. The number of aromatic nitrogens is 1. The number of hydrogen-bond donors (Lipinski definition) is 0. The standard InChI is InChI=1S/C20H20N4O4S/c1-14-4-5-15(11-17(14)24(26)27)20(25)23-8-6-22(7-9-23)12-19-21-16(13-29-19)18-3-2-10-28-18/h2-5,10-11,13H,6-9,12H2,1H3. The van der Waals surface area contributed by atoms with E-state index in [2.05, 4.69) is 9.88 Å². The molecule has 0 atom stereocenters. The predicted molar refractivity (Wildman–Crippen MR) is 109 cm³/mol. The molecule has 1 aliphatic rings. The van der Waals surface area contributed by atoms with Gasteiger partial charge < -0.3 is 9.32 Å². The summed E-state index contributed by atoms with van der Waals surface area (Å²) in [4.78, 5) is 32.1. The van der Waals surface area contributed by atoms with E-state index in [1.165, 1.54) is 6.07 Å². The van der Waals surface area contributed by atoms with Crippen LogP contribution in [0, 0.1) is 17.0 Å². The molecule has 2 aromatic heterocycles. The number of carbonyl (C=O) groups excluding carboxylic acids is 1. The SMILES string of the molecule is Cc1ccc(C(=O)N2CCN(Cc3nc(-c4ccco4)cs3)CC2)cc1[N+](=O)[O-]. The zero-order chi connectivity index (χ0) is 20.4. The average molecular weight is 412 g/mol. The molecule has 0 spiro atoms. The lowest BCUT2D eigenvalue weighted by atomic mass is 10.1. The summed E-state index contributed by atoms with van der Waals surface area (Å²) in [6.45, 7) is 5.02. The van der Waals surface area contributed by atoms with Crippen LogP contribution >= 0.6 is 11.3 Å². The summed E-state index contributed by atoms with van der Waals surface area (Å²) in [6, 6.07) is 8.38. The van der Waals surface area contributed by atoms with Gasteiger partial charge in [-0.25, -0.2) is 4.98 Å². The van der Waals surface area contributed by atoms with E-state index in [0.717, 1.165) is 36.1 Å². The molecule has 3 aromatic rings. The molecule has 0 saturated carbocycles. The van der Waals surface area contributed by atoms with Crippen LogP contribution in [0.2, 0.25) is 0 Å². The number of rotatable bonds is 5. The van der Waals surface area contributed by atoms with Gasteiger partial charge in [0.1, 0.15) is 10.7 Å². The van der Waals surface area contributed by atoms with Crippen molar-refractivity contribution in [2.24, 2.45) is 0 Å². The van der Waals surface area contributed by atoms with Crippen molar-refractivity contribution in [3.8, 4) is 11.5 Å². The maximum absolute atomic E-state index is 12.7. The van der Waals surface area contributed by atoms with Crippen molar-refractivity contribution in [1.82, 2.24) is 14.8 Å². The Balaban J connectivity index is 1.35. The number of nitro groups is 1. The van der Waals surface area contributed by atoms with E-state index in [1.807, 2.05) is 17.5 Å². The largest absolute Gasteiger partial charge is 0.463 e. The van der Waals surface area contributed by atoms with Gasteiger partial charge in [0.25, 0.3) is 11.6 Å². The molecule has 1 fully saturated rings. The van der Waals surface area contributed by atoms with Crippen molar-refractivity contribution >= 4 is 22.9 Å². The maximum Gasteiger partial charge on any atom is 0.273 e. The number of thiazole rings is 1. The van der Waals surface area contributed by atoms with Crippen LogP contribution in [-0.2, 0) is 6.54 Å². The molecule has 1 saturated heterocycles. The van der Waals surface area contributed by atoms with Crippen LogP contribution in [0.3, 0.4) is 0 Å². The predicted octanol–water partition coefficient (Wildman–Crippen LogP) is 3.58. The second-order valence-electron chi connectivity index (χ2n) is 6.93. The topological polar surface area (TPSA) is 92.7 Å². The Kier molecular flexibility index (Phi) is 5.41. The van der Waals surface area contributed by atoms with Gasteiger partial charge in [0, 0.05) is 48.8 Å². The molecule has 8 nitrogen and oxygen atoms in total. The van der Waals surface area contributed by atoms with Crippen LogP contribution in [0.15, 0.2) is 46.4 Å². The lowest BCUT2D eigenvalue weighted by molar-refractivity contribution is -0.385. The fourth-order valence-corrected chi connectivity index (χ4v) is 4.17. The van der Waals surface area contributed by atoms with Crippen molar-refractivity contribution in [2.45, 2.75) is 13.5 Å². The Bertz CT molecular complexity index is 1020. The van der Waals surface area contributed by atoms with Crippen LogP contribution < -0.4 is 0 Å². The lowest BCUT2D eigenvalue weighted by Gasteiger charge is -2.34. The van der Waals surface area contributed by atoms with Gasteiger partial charge in [0.15, 0.2) is 5.76 Å². The summed E-state index contributed by atoms with van der Waals surface area (Å²) >= 11 is 1.59. The van der Waals surface area contributed by atoms with E-state index >= 15 is 0 Å². The minimum Gasteiger partial charge on any atom is -0.463 e. The molecule has 0 bridgehead atoms. The first-order valence-corrected chi connectivity index (χ1v) is 10.1. The lowest BCUT2D eigenvalue weighted by Crippen LogP contribution is -2.48. The molecular weight excluding hydrogens is 392 g/mol. The van der Waals surface area contributed by atoms with Gasteiger partial charge in [-0.2, -0.15) is 0 Å². The number of furan rings is 1. The molecule has 9 heteroatoms. The fraction of sp³-hybridized carbons (Fsp3) is 0.300. The maximum atomic E-state index is 12.7. The second kappa shape index (κ2) is 8.14. The van der Waals surface area contributed by atoms with Crippen molar-refractivity contribution in [3.05, 3.63) is 68.2 Å². The van der Waals surface area contributed by atoms with Gasteiger partial charge in [-0.1, -0.05) is 6.07 Å². The third-order valence-corrected chi connectivity index (χ3v) is 5.83. The summed E-state index contributed by atoms with van der Waals surface area (Å²) in [5, 5.41) is 14.1. The summed E-state index contributed by atoms with van der Waals surface area (Å²) < 4.78 is 5.38. The van der Waals surface area contributed by atoms with E-state index in [1.54, 1.807) is 41.6 Å². The zero-order valence-electron chi connectivity index (χ0n) is 15.9. The number of hydrogen-bond acceptors (Lipinski definition) is 7. The summed E-state index contributed by atoms with van der Waals surface area (Å²) in [5.41, 5.74) is 1.72. The third-order valence-electron chi connectivity index (χ3n) is 5.00. The van der Waals surface area contributed by atoms with Crippen molar-refractivity contribution in [2.75, 3.05) is 26.2 Å². The minimum atomic E-state index is -0.449. The van der Waals surface area contributed by atoms with Crippen LogP contribution in [0.5, 0.6) is 0 Å². The van der Waals surface area contributed by atoms with Gasteiger partial charge in [-0.15, -0.1) is 11.3 Å². The molecule has 0 radical (unpaired) electrons. The molecule has 1 aliphatic heterocycles. The van der Waals surface area contributed by atoms with Crippen LogP contribution in [-0.4, -0.2) is 51.8 Å². The Hall–Kier alpha value is -3.04. The highest BCUT2D eigenvalue weighted by atomic mass is 32.1. The van der Waals surface area contributed by atoms with Gasteiger partial charge in [-0.05, 0) is 25.1 Å². The zero-order valence-corrected chi connectivity index (χ0v) is 16.7. The summed E-state index contributed by atoms with van der Waals surface area (Å²) in [6.07, 6.45) is 1.63. The number of piperazine rings is 1. The molecule has 1 aromatic carbocycles. The van der Waals surface area contributed by atoms with E-state index < -0.39 is 4.92 Å². The van der Waals surface area contributed by atoms with Gasteiger partial charge >= 0.3 is 0 Å². The van der Waals surface area contributed by atoms with Gasteiger partial charge in [-0.3, -0.25) is 19.8 Å². The second-order valence-corrected chi connectivity index (χ2v) is 7.87. The van der Waals surface area contributed by atoms with E-state index in [9.17, 15) is 14.9 Å². The smallest absolute Gasteiger partial charge is 0.273 e. The highest BCUT2D eigenvalue weighted by Gasteiger charge is 2.24. The van der Waals surface area contributed by atoms with Crippen molar-refractivity contribution in [3.63, 3.8) is 0 Å². The van der Waals surface area contributed by atoms with Gasteiger partial charge in [0.05, 0.1) is 17.7 Å². The Morgan fingerprint density at radius 3 is 2.76 bits per heavy atom.